The van der Waals surface area contributed by atoms with Gasteiger partial charge in [0.25, 0.3) is 0 Å². The first-order valence-corrected chi connectivity index (χ1v) is 5.66. The number of pyridine rings is 1. The molecule has 3 nitrogen and oxygen atoms in total. The van der Waals surface area contributed by atoms with E-state index in [1.54, 1.807) is 0 Å². The molecule has 2 atom stereocenters. The van der Waals surface area contributed by atoms with E-state index in [0.29, 0.717) is 24.5 Å². The van der Waals surface area contributed by atoms with Gasteiger partial charge in [0.2, 0.25) is 5.95 Å². The third-order valence-electron chi connectivity index (χ3n) is 3.22. The molecule has 0 aliphatic carbocycles. The van der Waals surface area contributed by atoms with Crippen molar-refractivity contribution in [2.24, 2.45) is 5.92 Å². The maximum absolute atomic E-state index is 13.6. The van der Waals surface area contributed by atoms with Gasteiger partial charge in [0.15, 0.2) is 0 Å². The molecule has 1 fully saturated rings. The molecule has 0 spiro atoms. The van der Waals surface area contributed by atoms with Crippen molar-refractivity contribution in [3.63, 3.8) is 0 Å². The van der Waals surface area contributed by atoms with Gasteiger partial charge in [-0.1, -0.05) is 18.5 Å². The van der Waals surface area contributed by atoms with Crippen LogP contribution in [0, 0.1) is 26.7 Å². The Bertz CT molecular complexity index is 408. The van der Waals surface area contributed by atoms with Crippen LogP contribution in [-0.4, -0.2) is 23.2 Å². The molecule has 0 bridgehead atoms. The van der Waals surface area contributed by atoms with Crippen molar-refractivity contribution >= 4 is 11.6 Å². The van der Waals surface area contributed by atoms with Gasteiger partial charge < -0.3 is 25.3 Å². The van der Waals surface area contributed by atoms with Gasteiger partial charge in [-0.15, -0.1) is 0 Å². The zero-order valence-corrected chi connectivity index (χ0v) is 15.2. The molecule has 6 heteroatoms. The molecule has 2 rings (SSSR count). The van der Waals surface area contributed by atoms with Gasteiger partial charge in [-0.05, 0) is 19.0 Å². The predicted molar refractivity (Wildman–Crippen MR) is 72.6 cm³/mol. The fraction of sp³-hybridized carbons (Fsp3) is 0.462. The van der Waals surface area contributed by atoms with E-state index in [4.69, 9.17) is 11.6 Å². The molecule has 1 aromatic heterocycles. The number of rotatable bonds is 1. The summed E-state index contributed by atoms with van der Waals surface area (Å²) in [6, 6.07) is 1.46. The molecule has 107 valence electrons. The van der Waals surface area contributed by atoms with Crippen LogP contribution >= 0.6 is 11.6 Å². The number of halogens is 2. The Labute approximate surface area is 145 Å². The summed E-state index contributed by atoms with van der Waals surface area (Å²) in [5.74, 6) is -0.711. The molecule has 2 heterocycles. The van der Waals surface area contributed by atoms with Gasteiger partial charge in [-0.2, -0.15) is 4.39 Å². The third-order valence-corrected chi connectivity index (χ3v) is 3.43. The van der Waals surface area contributed by atoms with E-state index in [-0.39, 0.29) is 59.0 Å². The second kappa shape index (κ2) is 8.63. The van der Waals surface area contributed by atoms with Gasteiger partial charge in [0.05, 0.1) is 10.6 Å². The van der Waals surface area contributed by atoms with Crippen LogP contribution in [0.15, 0.2) is 12.3 Å². The second-order valence-electron chi connectivity index (χ2n) is 4.27. The summed E-state index contributed by atoms with van der Waals surface area (Å²) in [5, 5.41) is 14.0. The summed E-state index contributed by atoms with van der Waals surface area (Å²) >= 11 is 5.79. The summed E-state index contributed by atoms with van der Waals surface area (Å²) in [6.07, 6.45) is 1.71. The Morgan fingerprint density at radius 1 is 1.53 bits per heavy atom. The second-order valence-corrected chi connectivity index (χ2v) is 4.71. The molecule has 1 saturated heterocycles. The molecular weight excluding hydrogens is 344 g/mol. The van der Waals surface area contributed by atoms with Crippen molar-refractivity contribution in [2.45, 2.75) is 18.9 Å². The van der Waals surface area contributed by atoms with Crippen LogP contribution in [0.3, 0.4) is 0 Å². The van der Waals surface area contributed by atoms with E-state index in [1.165, 1.54) is 12.3 Å². The molecule has 0 amide bonds. The molecule has 1 aliphatic heterocycles. The first-order valence-electron chi connectivity index (χ1n) is 5.28. The van der Waals surface area contributed by atoms with E-state index in [1.807, 2.05) is 6.92 Å². The van der Waals surface area contributed by atoms with E-state index < -0.39 is 11.5 Å². The topological polar surface area (TPSA) is 45.1 Å². The van der Waals surface area contributed by atoms with Crippen LogP contribution in [0.2, 0.25) is 5.02 Å². The van der Waals surface area contributed by atoms with Crippen LogP contribution in [-0.2, 0) is 38.3 Å². The molecule has 1 aliphatic rings. The van der Waals surface area contributed by atoms with Crippen LogP contribution in [0.25, 0.3) is 0 Å². The Hall–Kier alpha value is 0.394. The van der Waals surface area contributed by atoms with Crippen molar-refractivity contribution in [3.8, 4) is 0 Å². The maximum atomic E-state index is 13.6. The van der Waals surface area contributed by atoms with Crippen LogP contribution < -0.4 is 5.32 Å². The van der Waals surface area contributed by atoms with Crippen LogP contribution in [0.4, 0.5) is 4.39 Å². The largest absolute Gasteiger partial charge is 0.385 e. The minimum atomic E-state index is -1.17. The molecule has 1 aromatic rings. The van der Waals surface area contributed by atoms with E-state index in [0.717, 1.165) is 0 Å². The zero-order valence-electron chi connectivity index (χ0n) is 11.6. The Morgan fingerprint density at radius 3 is 2.74 bits per heavy atom. The minimum Gasteiger partial charge on any atom is -0.385 e. The molecule has 1 radical (unpaired) electrons. The summed E-state index contributed by atoms with van der Waals surface area (Å²) in [5.41, 5.74) is -0.971. The van der Waals surface area contributed by atoms with Gasteiger partial charge in [0.1, 0.15) is 0 Å². The van der Waals surface area contributed by atoms with Crippen molar-refractivity contribution < 1.29 is 42.2 Å². The number of hydrogen-bond donors (Lipinski definition) is 2. The monoisotopic (exact) mass is 363 g/mol. The first kappa shape index (κ1) is 21.7. The van der Waals surface area contributed by atoms with Gasteiger partial charge in [0, 0.05) is 56.9 Å². The van der Waals surface area contributed by atoms with E-state index in [2.05, 4.69) is 10.3 Å². The normalized spacial score (nSPS) is 25.6. The predicted octanol–water partition coefficient (Wildman–Crippen LogP) is 2.59. The van der Waals surface area contributed by atoms with Gasteiger partial charge in [-0.25, -0.2) is 4.98 Å². The van der Waals surface area contributed by atoms with Crippen LogP contribution in [0.1, 0.15) is 18.9 Å². The molecule has 2 N–H and O–H groups in total. The average Bonchev–Trinajstić information content (AvgIpc) is 2.26. The number of piperidine rings is 1. The SMILES string of the molecule is CC1CNCCC1(O)c1cc(Cl)cnc1F.[CH3-].[CH3-].[Y]. The fourth-order valence-electron chi connectivity index (χ4n) is 2.14. The number of aliphatic hydroxyl groups is 1. The maximum Gasteiger partial charge on any atom is 0.219 e. The average molecular weight is 364 g/mol. The fourth-order valence-corrected chi connectivity index (χ4v) is 2.30. The number of aromatic nitrogens is 1. The molecule has 0 saturated carbocycles. The number of hydrogen-bond acceptors (Lipinski definition) is 3. The summed E-state index contributed by atoms with van der Waals surface area (Å²) < 4.78 is 13.6. The van der Waals surface area contributed by atoms with Crippen molar-refractivity contribution in [2.75, 3.05) is 13.1 Å². The summed E-state index contributed by atoms with van der Waals surface area (Å²) in [7, 11) is 0. The standard InChI is InChI=1S/C11H14ClFN2O.2CH3.Y/c1-7-5-14-3-2-11(7,16)9-4-8(12)6-15-10(9)13;;;/h4,6-7,14,16H,2-3,5H2,1H3;2*1H3;/q;2*-1;. The number of nitrogens with zero attached hydrogens (tertiary/aromatic N) is 1. The zero-order chi connectivity index (χ0) is 11.8. The van der Waals surface area contributed by atoms with Crippen molar-refractivity contribution in [1.82, 2.24) is 10.3 Å². The third kappa shape index (κ3) is 4.43. The van der Waals surface area contributed by atoms with E-state index >= 15 is 0 Å². The molecule has 0 aromatic carbocycles. The first-order chi connectivity index (χ1) is 7.54. The summed E-state index contributed by atoms with van der Waals surface area (Å²) in [4.78, 5) is 3.55. The minimum absolute atomic E-state index is 0. The van der Waals surface area contributed by atoms with Crippen molar-refractivity contribution in [3.05, 3.63) is 43.7 Å². The van der Waals surface area contributed by atoms with E-state index in [9.17, 15) is 9.50 Å². The van der Waals surface area contributed by atoms with Crippen molar-refractivity contribution in [1.29, 1.82) is 0 Å². The Balaban J connectivity index is 0. The molecule has 19 heavy (non-hydrogen) atoms. The van der Waals surface area contributed by atoms with Crippen LogP contribution in [0.5, 0.6) is 0 Å². The Kier molecular flexibility index (Phi) is 9.85. The van der Waals surface area contributed by atoms with Gasteiger partial charge >= 0.3 is 0 Å². The number of nitrogens with one attached hydrogen (secondary N) is 1. The summed E-state index contributed by atoms with van der Waals surface area (Å²) in [6.45, 7) is 3.20. The molecule has 2 unspecified atom stereocenters. The quantitative estimate of drug-likeness (QED) is 0.595. The van der Waals surface area contributed by atoms with Gasteiger partial charge in [-0.3, -0.25) is 0 Å². The Morgan fingerprint density at radius 2 is 2.16 bits per heavy atom. The smallest absolute Gasteiger partial charge is 0.219 e. The molecular formula is C13H20ClFN2OY-2.